The van der Waals surface area contributed by atoms with Crippen LogP contribution in [0.4, 0.5) is 0 Å². The Bertz CT molecular complexity index is 443. The van der Waals surface area contributed by atoms with Crippen molar-refractivity contribution in [2.24, 2.45) is 0 Å². The Morgan fingerprint density at radius 3 is 2.61 bits per heavy atom. The number of rotatable bonds is 6. The third-order valence-electron chi connectivity index (χ3n) is 2.30. The van der Waals surface area contributed by atoms with Crippen LogP contribution in [0.5, 0.6) is 11.5 Å². The molecule has 1 aromatic rings. The van der Waals surface area contributed by atoms with E-state index < -0.39 is 6.10 Å². The Morgan fingerprint density at radius 2 is 2.11 bits per heavy atom. The first-order valence-electron chi connectivity index (χ1n) is 5.73. The van der Waals surface area contributed by atoms with Gasteiger partial charge in [-0.2, -0.15) is 5.26 Å². The molecule has 3 nitrogen and oxygen atoms in total. The summed E-state index contributed by atoms with van der Waals surface area (Å²) in [6.07, 6.45) is 0.171. The molecule has 0 aliphatic heterocycles. The molecule has 0 bridgehead atoms. The Morgan fingerprint density at radius 1 is 1.39 bits per heavy atom. The molecule has 0 spiro atoms. The quantitative estimate of drug-likeness (QED) is 0.690. The van der Waals surface area contributed by atoms with Gasteiger partial charge in [0.05, 0.1) is 11.1 Å². The Labute approximate surface area is 124 Å². The van der Waals surface area contributed by atoms with Gasteiger partial charge in [0.2, 0.25) is 0 Å². The molecule has 0 heterocycles. The number of nitriles is 1. The number of hydrogen-bond acceptors (Lipinski definition) is 3. The summed E-state index contributed by atoms with van der Waals surface area (Å²) >= 11 is 6.87. The van der Waals surface area contributed by atoms with Crippen LogP contribution in [-0.4, -0.2) is 12.7 Å². The second-order valence-electron chi connectivity index (χ2n) is 3.62. The number of nitrogens with zero attached hydrogens (tertiary/aromatic N) is 1. The number of alkyl halides is 1. The van der Waals surface area contributed by atoms with E-state index in [-0.39, 0.29) is 0 Å². The topological polar surface area (TPSA) is 42.2 Å². The van der Waals surface area contributed by atoms with Crippen LogP contribution in [0.2, 0.25) is 0 Å². The van der Waals surface area contributed by atoms with Gasteiger partial charge in [-0.15, -0.1) is 0 Å². The van der Waals surface area contributed by atoms with E-state index in [0.29, 0.717) is 24.5 Å². The zero-order chi connectivity index (χ0) is 13.5. The third-order valence-corrected chi connectivity index (χ3v) is 3.53. The lowest BCUT2D eigenvalue weighted by molar-refractivity contribution is 0.230. The van der Waals surface area contributed by atoms with Gasteiger partial charge in [0.25, 0.3) is 0 Å². The fourth-order valence-electron chi connectivity index (χ4n) is 1.42. The summed E-state index contributed by atoms with van der Waals surface area (Å²) in [6.45, 7) is 4.38. The van der Waals surface area contributed by atoms with Gasteiger partial charge in [-0.05, 0) is 47.0 Å². The van der Waals surface area contributed by atoms with E-state index in [2.05, 4.69) is 37.9 Å². The van der Waals surface area contributed by atoms with Crippen LogP contribution in [0.15, 0.2) is 16.6 Å². The van der Waals surface area contributed by atoms with Gasteiger partial charge in [-0.3, -0.25) is 0 Å². The molecule has 0 fully saturated rings. The van der Waals surface area contributed by atoms with Crippen LogP contribution in [0.25, 0.3) is 0 Å². The number of ether oxygens (including phenoxy) is 2. The first-order valence-corrected chi connectivity index (χ1v) is 7.65. The lowest BCUT2D eigenvalue weighted by Gasteiger charge is -2.17. The summed E-state index contributed by atoms with van der Waals surface area (Å²) in [5.41, 5.74) is 1.09. The number of halogens is 2. The van der Waals surface area contributed by atoms with E-state index in [9.17, 15) is 0 Å². The Kier molecular flexibility index (Phi) is 6.51. The SMILES string of the molecule is CCOc1cc(CBr)cc(Br)c1OC(C#N)CC. The summed E-state index contributed by atoms with van der Waals surface area (Å²) in [5, 5.41) is 9.70. The molecule has 18 heavy (non-hydrogen) atoms. The standard InChI is InChI=1S/C13H15Br2NO2/c1-3-10(8-16)18-13-11(15)5-9(7-14)6-12(13)17-4-2/h5-6,10H,3-4,7H2,1-2H3. The first kappa shape index (κ1) is 15.3. The first-order chi connectivity index (χ1) is 8.65. The molecule has 0 radical (unpaired) electrons. The summed E-state index contributed by atoms with van der Waals surface area (Å²) in [4.78, 5) is 0. The molecule has 5 heteroatoms. The predicted octanol–water partition coefficient (Wildman–Crippen LogP) is 4.42. The molecule has 0 saturated carbocycles. The molecular formula is C13H15Br2NO2. The molecule has 0 aromatic heterocycles. The molecule has 0 N–H and O–H groups in total. The predicted molar refractivity (Wildman–Crippen MR) is 78.3 cm³/mol. The van der Waals surface area contributed by atoms with Gasteiger partial charge >= 0.3 is 0 Å². The molecule has 1 aromatic carbocycles. The summed E-state index contributed by atoms with van der Waals surface area (Å²) in [5.74, 6) is 1.25. The van der Waals surface area contributed by atoms with Gasteiger partial charge in [0, 0.05) is 5.33 Å². The Balaban J connectivity index is 3.11. The van der Waals surface area contributed by atoms with Crippen LogP contribution >= 0.6 is 31.9 Å². The van der Waals surface area contributed by atoms with E-state index in [4.69, 9.17) is 14.7 Å². The maximum absolute atomic E-state index is 8.96. The summed E-state index contributed by atoms with van der Waals surface area (Å²) in [7, 11) is 0. The van der Waals surface area contributed by atoms with Crippen LogP contribution in [0, 0.1) is 11.3 Å². The maximum atomic E-state index is 8.96. The van der Waals surface area contributed by atoms with E-state index in [1.165, 1.54) is 0 Å². The fourth-order valence-corrected chi connectivity index (χ4v) is 2.33. The van der Waals surface area contributed by atoms with Crippen LogP contribution < -0.4 is 9.47 Å². The molecule has 98 valence electrons. The van der Waals surface area contributed by atoms with E-state index in [0.717, 1.165) is 15.4 Å². The van der Waals surface area contributed by atoms with Crippen LogP contribution in [0.1, 0.15) is 25.8 Å². The van der Waals surface area contributed by atoms with Crippen molar-refractivity contribution in [1.29, 1.82) is 5.26 Å². The number of benzene rings is 1. The minimum atomic E-state index is -0.463. The van der Waals surface area contributed by atoms with Crippen molar-refractivity contribution in [1.82, 2.24) is 0 Å². The third kappa shape index (κ3) is 3.89. The van der Waals surface area contributed by atoms with Crippen LogP contribution in [0.3, 0.4) is 0 Å². The number of hydrogen-bond donors (Lipinski definition) is 0. The lowest BCUT2D eigenvalue weighted by atomic mass is 10.2. The van der Waals surface area contributed by atoms with Gasteiger partial charge in [0.15, 0.2) is 17.6 Å². The van der Waals surface area contributed by atoms with Crippen molar-refractivity contribution in [3.05, 3.63) is 22.2 Å². The summed E-state index contributed by atoms with van der Waals surface area (Å²) < 4.78 is 12.0. The summed E-state index contributed by atoms with van der Waals surface area (Å²) in [6, 6.07) is 5.99. The zero-order valence-corrected chi connectivity index (χ0v) is 13.5. The normalized spacial score (nSPS) is 11.7. The molecule has 1 rings (SSSR count). The van der Waals surface area contributed by atoms with Gasteiger partial charge in [0.1, 0.15) is 6.07 Å². The molecule has 0 aliphatic rings. The average molecular weight is 377 g/mol. The Hall–Kier alpha value is -0.730. The molecular weight excluding hydrogens is 362 g/mol. The smallest absolute Gasteiger partial charge is 0.184 e. The van der Waals surface area contributed by atoms with E-state index >= 15 is 0 Å². The van der Waals surface area contributed by atoms with Crippen molar-refractivity contribution in [3.8, 4) is 17.6 Å². The minimum Gasteiger partial charge on any atom is -0.490 e. The van der Waals surface area contributed by atoms with E-state index in [1.807, 2.05) is 26.0 Å². The molecule has 0 saturated heterocycles. The van der Waals surface area contributed by atoms with E-state index in [1.54, 1.807) is 0 Å². The molecule has 1 unspecified atom stereocenters. The van der Waals surface area contributed by atoms with Gasteiger partial charge in [-0.25, -0.2) is 0 Å². The highest BCUT2D eigenvalue weighted by Crippen LogP contribution is 2.38. The second-order valence-corrected chi connectivity index (χ2v) is 5.03. The monoisotopic (exact) mass is 375 g/mol. The van der Waals surface area contributed by atoms with Crippen molar-refractivity contribution in [3.63, 3.8) is 0 Å². The minimum absolute atomic E-state index is 0.463. The largest absolute Gasteiger partial charge is 0.490 e. The lowest BCUT2D eigenvalue weighted by Crippen LogP contribution is -2.13. The highest BCUT2D eigenvalue weighted by atomic mass is 79.9. The van der Waals surface area contributed by atoms with Crippen molar-refractivity contribution < 1.29 is 9.47 Å². The van der Waals surface area contributed by atoms with Gasteiger partial charge in [-0.1, -0.05) is 22.9 Å². The zero-order valence-electron chi connectivity index (χ0n) is 10.4. The van der Waals surface area contributed by atoms with Crippen molar-refractivity contribution in [2.75, 3.05) is 6.61 Å². The average Bonchev–Trinajstić information content (AvgIpc) is 2.38. The molecule has 0 aliphatic carbocycles. The molecule has 1 atom stereocenters. The highest BCUT2D eigenvalue weighted by Gasteiger charge is 2.16. The van der Waals surface area contributed by atoms with Crippen LogP contribution in [-0.2, 0) is 5.33 Å². The fraction of sp³-hybridized carbons (Fsp3) is 0.462. The maximum Gasteiger partial charge on any atom is 0.184 e. The highest BCUT2D eigenvalue weighted by molar-refractivity contribution is 9.10. The van der Waals surface area contributed by atoms with Crippen molar-refractivity contribution in [2.45, 2.75) is 31.7 Å². The second kappa shape index (κ2) is 7.65. The van der Waals surface area contributed by atoms with Crippen molar-refractivity contribution >= 4 is 31.9 Å². The van der Waals surface area contributed by atoms with Gasteiger partial charge < -0.3 is 9.47 Å². The molecule has 0 amide bonds.